The molecule has 0 amide bonds. The first-order valence-electron chi connectivity index (χ1n) is 8.22. The molecule has 5 heteroatoms. The third kappa shape index (κ3) is 4.42. The van der Waals surface area contributed by atoms with Gasteiger partial charge in [0.1, 0.15) is 5.82 Å². The van der Waals surface area contributed by atoms with E-state index in [-0.39, 0.29) is 0 Å². The molecule has 0 atom stereocenters. The molecule has 3 rings (SSSR count). The molecule has 1 aromatic carbocycles. The van der Waals surface area contributed by atoms with Crippen LogP contribution in [-0.4, -0.2) is 42.1 Å². The number of aryl methyl sites for hydroxylation is 1. The van der Waals surface area contributed by atoms with E-state index in [1.165, 1.54) is 18.4 Å². The average molecular weight is 311 g/mol. The van der Waals surface area contributed by atoms with Gasteiger partial charge in [-0.05, 0) is 45.5 Å². The molecule has 23 heavy (non-hydrogen) atoms. The number of benzene rings is 1. The summed E-state index contributed by atoms with van der Waals surface area (Å²) in [4.78, 5) is 11.4. The predicted octanol–water partition coefficient (Wildman–Crippen LogP) is 3.38. The first kappa shape index (κ1) is 15.7. The smallest absolute Gasteiger partial charge is 0.224 e. The quantitative estimate of drug-likeness (QED) is 0.821. The number of nitrogens with one attached hydrogen (secondary N) is 2. The highest BCUT2D eigenvalue weighted by atomic mass is 15.2. The molecule has 0 bridgehead atoms. The lowest BCUT2D eigenvalue weighted by Gasteiger charge is -2.14. The minimum atomic E-state index is 0.602. The Morgan fingerprint density at radius 1 is 1.17 bits per heavy atom. The first-order chi connectivity index (χ1) is 11.1. The minimum absolute atomic E-state index is 0.602. The topological polar surface area (TPSA) is 53.1 Å². The highest BCUT2D eigenvalue weighted by Gasteiger charge is 2.26. The van der Waals surface area contributed by atoms with E-state index in [9.17, 15) is 0 Å². The Labute approximate surface area is 138 Å². The van der Waals surface area contributed by atoms with Gasteiger partial charge in [-0.3, -0.25) is 0 Å². The molecule has 1 fully saturated rings. The summed E-state index contributed by atoms with van der Waals surface area (Å²) in [7, 11) is 4.13. The summed E-state index contributed by atoms with van der Waals surface area (Å²) in [5.74, 6) is 2.18. The van der Waals surface area contributed by atoms with Crippen molar-refractivity contribution in [2.24, 2.45) is 0 Å². The summed E-state index contributed by atoms with van der Waals surface area (Å²) in [6.45, 7) is 3.89. The summed E-state index contributed by atoms with van der Waals surface area (Å²) >= 11 is 0. The second-order valence-electron chi connectivity index (χ2n) is 6.45. The van der Waals surface area contributed by atoms with Crippen molar-refractivity contribution in [1.29, 1.82) is 0 Å². The fourth-order valence-electron chi connectivity index (χ4n) is 2.44. The van der Waals surface area contributed by atoms with Crippen LogP contribution in [0, 0.1) is 6.92 Å². The van der Waals surface area contributed by atoms with E-state index in [1.54, 1.807) is 0 Å². The zero-order valence-corrected chi connectivity index (χ0v) is 14.1. The van der Waals surface area contributed by atoms with Gasteiger partial charge in [0, 0.05) is 30.8 Å². The maximum atomic E-state index is 4.68. The standard InChI is InChI=1S/C18H25N5/c1-13-6-4-5-7-15(13)20-17-12-16(14-8-9-14)21-18(22-17)19-10-11-23(2)3/h4-7,12,14H,8-11H2,1-3H3,(H2,19,20,21,22). The Morgan fingerprint density at radius 2 is 1.96 bits per heavy atom. The normalized spacial score (nSPS) is 14.1. The van der Waals surface area contributed by atoms with Crippen LogP contribution in [-0.2, 0) is 0 Å². The van der Waals surface area contributed by atoms with Crippen molar-refractivity contribution in [2.75, 3.05) is 37.8 Å². The van der Waals surface area contributed by atoms with Gasteiger partial charge in [-0.15, -0.1) is 0 Å². The molecule has 1 aliphatic rings. The second-order valence-corrected chi connectivity index (χ2v) is 6.45. The summed E-state index contributed by atoms with van der Waals surface area (Å²) < 4.78 is 0. The van der Waals surface area contributed by atoms with Gasteiger partial charge in [-0.1, -0.05) is 18.2 Å². The fourth-order valence-corrected chi connectivity index (χ4v) is 2.44. The molecule has 0 spiro atoms. The maximum absolute atomic E-state index is 4.68. The number of hydrogen-bond donors (Lipinski definition) is 2. The Morgan fingerprint density at radius 3 is 2.65 bits per heavy atom. The molecule has 1 saturated carbocycles. The number of likely N-dealkylation sites (N-methyl/N-ethyl adjacent to an activating group) is 1. The molecule has 0 radical (unpaired) electrons. The number of rotatable bonds is 7. The summed E-state index contributed by atoms with van der Waals surface area (Å²) in [5, 5.41) is 6.77. The lowest BCUT2D eigenvalue weighted by molar-refractivity contribution is 0.425. The third-order valence-electron chi connectivity index (χ3n) is 3.99. The van der Waals surface area contributed by atoms with Crippen molar-refractivity contribution in [3.63, 3.8) is 0 Å². The number of para-hydroxylation sites is 1. The Bertz CT molecular complexity index is 664. The van der Waals surface area contributed by atoms with Crippen LogP contribution in [0.4, 0.5) is 17.5 Å². The second kappa shape index (κ2) is 6.96. The lowest BCUT2D eigenvalue weighted by atomic mass is 10.2. The Balaban J connectivity index is 1.78. The van der Waals surface area contributed by atoms with E-state index in [1.807, 2.05) is 12.1 Å². The van der Waals surface area contributed by atoms with Crippen LogP contribution < -0.4 is 10.6 Å². The largest absolute Gasteiger partial charge is 0.353 e. The highest BCUT2D eigenvalue weighted by Crippen LogP contribution is 2.40. The van der Waals surface area contributed by atoms with Gasteiger partial charge in [0.05, 0.1) is 5.69 Å². The molecule has 5 nitrogen and oxygen atoms in total. The molecule has 2 N–H and O–H groups in total. The molecule has 1 heterocycles. The van der Waals surface area contributed by atoms with Crippen molar-refractivity contribution in [1.82, 2.24) is 14.9 Å². The van der Waals surface area contributed by atoms with E-state index in [0.717, 1.165) is 30.3 Å². The molecule has 0 aliphatic heterocycles. The van der Waals surface area contributed by atoms with Gasteiger partial charge < -0.3 is 15.5 Å². The van der Waals surface area contributed by atoms with Crippen molar-refractivity contribution in [3.8, 4) is 0 Å². The monoisotopic (exact) mass is 311 g/mol. The van der Waals surface area contributed by atoms with Crippen molar-refractivity contribution < 1.29 is 0 Å². The van der Waals surface area contributed by atoms with Gasteiger partial charge in [-0.2, -0.15) is 4.98 Å². The highest BCUT2D eigenvalue weighted by molar-refractivity contribution is 5.61. The minimum Gasteiger partial charge on any atom is -0.353 e. The number of anilines is 3. The first-order valence-corrected chi connectivity index (χ1v) is 8.22. The van der Waals surface area contributed by atoms with Crippen LogP contribution in [0.3, 0.4) is 0 Å². The van der Waals surface area contributed by atoms with E-state index in [0.29, 0.717) is 11.9 Å². The van der Waals surface area contributed by atoms with Crippen LogP contribution >= 0.6 is 0 Å². The fraction of sp³-hybridized carbons (Fsp3) is 0.444. The van der Waals surface area contributed by atoms with Gasteiger partial charge in [-0.25, -0.2) is 4.98 Å². The molecule has 122 valence electrons. The molecule has 0 unspecified atom stereocenters. The predicted molar refractivity (Wildman–Crippen MR) is 95.5 cm³/mol. The van der Waals surface area contributed by atoms with Crippen LogP contribution in [0.25, 0.3) is 0 Å². The summed E-state index contributed by atoms with van der Waals surface area (Å²) in [6.07, 6.45) is 2.47. The van der Waals surface area contributed by atoms with Crippen molar-refractivity contribution >= 4 is 17.5 Å². The maximum Gasteiger partial charge on any atom is 0.224 e. The molecule has 1 aliphatic carbocycles. The van der Waals surface area contributed by atoms with Gasteiger partial charge in [0.25, 0.3) is 0 Å². The third-order valence-corrected chi connectivity index (χ3v) is 3.99. The van der Waals surface area contributed by atoms with Gasteiger partial charge in [0.2, 0.25) is 5.95 Å². The van der Waals surface area contributed by atoms with Crippen molar-refractivity contribution in [3.05, 3.63) is 41.6 Å². The van der Waals surface area contributed by atoms with E-state index >= 15 is 0 Å². The summed E-state index contributed by atoms with van der Waals surface area (Å²) in [6, 6.07) is 10.3. The average Bonchev–Trinajstić information content (AvgIpc) is 3.34. The molecule has 0 saturated heterocycles. The Hall–Kier alpha value is -2.14. The molecular weight excluding hydrogens is 286 g/mol. The zero-order valence-electron chi connectivity index (χ0n) is 14.1. The van der Waals surface area contributed by atoms with Gasteiger partial charge >= 0.3 is 0 Å². The van der Waals surface area contributed by atoms with Crippen molar-refractivity contribution in [2.45, 2.75) is 25.7 Å². The molecule has 2 aromatic rings. The summed E-state index contributed by atoms with van der Waals surface area (Å²) in [5.41, 5.74) is 3.44. The van der Waals surface area contributed by atoms with E-state index < -0.39 is 0 Å². The van der Waals surface area contributed by atoms with E-state index in [4.69, 9.17) is 0 Å². The molecule has 1 aromatic heterocycles. The van der Waals surface area contributed by atoms with E-state index in [2.05, 4.69) is 64.7 Å². The lowest BCUT2D eigenvalue weighted by Crippen LogP contribution is -2.21. The number of nitrogens with zero attached hydrogens (tertiary/aromatic N) is 3. The number of hydrogen-bond acceptors (Lipinski definition) is 5. The number of aromatic nitrogens is 2. The molecular formula is C18H25N5. The zero-order chi connectivity index (χ0) is 16.2. The van der Waals surface area contributed by atoms with Crippen LogP contribution in [0.5, 0.6) is 0 Å². The van der Waals surface area contributed by atoms with Crippen LogP contribution in [0.1, 0.15) is 30.0 Å². The van der Waals surface area contributed by atoms with Crippen LogP contribution in [0.2, 0.25) is 0 Å². The van der Waals surface area contributed by atoms with Crippen LogP contribution in [0.15, 0.2) is 30.3 Å². The Kier molecular flexibility index (Phi) is 4.76. The SMILES string of the molecule is Cc1ccccc1Nc1cc(C2CC2)nc(NCCN(C)C)n1. The van der Waals surface area contributed by atoms with Gasteiger partial charge in [0.15, 0.2) is 0 Å².